The number of anilines is 2. The highest BCUT2D eigenvalue weighted by Gasteiger charge is 2.46. The predicted molar refractivity (Wildman–Crippen MR) is 82.5 cm³/mol. The number of carbonyl (C=O) groups is 2. The van der Waals surface area contributed by atoms with Gasteiger partial charge in [-0.05, 0) is 18.2 Å². The quantitative estimate of drug-likeness (QED) is 0.782. The van der Waals surface area contributed by atoms with E-state index in [4.69, 9.17) is 0 Å². The van der Waals surface area contributed by atoms with Gasteiger partial charge in [-0.3, -0.25) is 9.59 Å². The summed E-state index contributed by atoms with van der Waals surface area (Å²) in [5.41, 5.74) is 1.18. The van der Waals surface area contributed by atoms with Crippen LogP contribution in [0.3, 0.4) is 0 Å². The molecule has 118 valence electrons. The van der Waals surface area contributed by atoms with Crippen LogP contribution in [0, 0.1) is 0 Å². The van der Waals surface area contributed by atoms with Gasteiger partial charge in [0.2, 0.25) is 11.8 Å². The molecule has 2 fully saturated rings. The molecule has 2 atom stereocenters. The van der Waals surface area contributed by atoms with Crippen molar-refractivity contribution in [3.05, 3.63) is 24.3 Å². The maximum Gasteiger partial charge on any atom is 0.241 e. The summed E-state index contributed by atoms with van der Waals surface area (Å²) in [5, 5.41) is 5.66. The normalized spacial score (nSPS) is 26.6. The van der Waals surface area contributed by atoms with E-state index in [1.54, 1.807) is 24.3 Å². The van der Waals surface area contributed by atoms with Crippen LogP contribution in [0.5, 0.6) is 0 Å². The van der Waals surface area contributed by atoms with Crippen molar-refractivity contribution in [1.29, 1.82) is 0 Å². The van der Waals surface area contributed by atoms with Gasteiger partial charge in [0.25, 0.3) is 0 Å². The van der Waals surface area contributed by atoms with Crippen LogP contribution in [0.25, 0.3) is 0 Å². The van der Waals surface area contributed by atoms with Crippen molar-refractivity contribution < 1.29 is 18.0 Å². The average molecular weight is 323 g/mol. The van der Waals surface area contributed by atoms with Crippen molar-refractivity contribution >= 4 is 33.0 Å². The van der Waals surface area contributed by atoms with Crippen molar-refractivity contribution in [2.24, 2.45) is 0 Å². The van der Waals surface area contributed by atoms with Crippen molar-refractivity contribution in [3.63, 3.8) is 0 Å². The van der Waals surface area contributed by atoms with Crippen LogP contribution in [0.2, 0.25) is 0 Å². The van der Waals surface area contributed by atoms with Gasteiger partial charge in [0, 0.05) is 24.3 Å². The first-order valence-corrected chi connectivity index (χ1v) is 8.81. The third kappa shape index (κ3) is 2.84. The standard InChI is InChI=1S/C14H17N3O4S/c1-9(18)16-10-3-2-4-11(5-10)17-13-8-22(20,21)7-12(13)15-6-14(17)19/h2-5,12-13,15H,6-8H2,1H3,(H,16,18)/t12-,13+/m1/s1. The molecule has 2 saturated heterocycles. The molecule has 0 bridgehead atoms. The van der Waals surface area contributed by atoms with Gasteiger partial charge in [-0.15, -0.1) is 0 Å². The lowest BCUT2D eigenvalue weighted by molar-refractivity contribution is -0.119. The summed E-state index contributed by atoms with van der Waals surface area (Å²) in [4.78, 5) is 25.0. The second-order valence-corrected chi connectivity index (χ2v) is 7.78. The van der Waals surface area contributed by atoms with E-state index in [1.165, 1.54) is 11.8 Å². The average Bonchev–Trinajstić information content (AvgIpc) is 2.72. The third-order valence-corrected chi connectivity index (χ3v) is 5.60. The van der Waals surface area contributed by atoms with Crippen molar-refractivity contribution in [2.45, 2.75) is 19.0 Å². The molecule has 3 rings (SSSR count). The first-order valence-electron chi connectivity index (χ1n) is 6.99. The van der Waals surface area contributed by atoms with Crippen LogP contribution < -0.4 is 15.5 Å². The molecule has 0 spiro atoms. The maximum absolute atomic E-state index is 12.3. The zero-order valence-corrected chi connectivity index (χ0v) is 12.9. The van der Waals surface area contributed by atoms with Crippen LogP contribution in [-0.2, 0) is 19.4 Å². The SMILES string of the molecule is CC(=O)Nc1cccc(N2C(=O)CN[C@@H]3CS(=O)(=O)C[C@@H]32)c1. The Morgan fingerprint density at radius 3 is 2.86 bits per heavy atom. The van der Waals surface area contributed by atoms with E-state index in [9.17, 15) is 18.0 Å². The number of hydrogen-bond acceptors (Lipinski definition) is 5. The number of rotatable bonds is 2. The number of carbonyl (C=O) groups excluding carboxylic acids is 2. The molecule has 2 aliphatic heterocycles. The molecule has 0 saturated carbocycles. The van der Waals surface area contributed by atoms with Gasteiger partial charge in [0.15, 0.2) is 9.84 Å². The molecule has 2 heterocycles. The Labute approximate surface area is 128 Å². The van der Waals surface area contributed by atoms with Crippen LogP contribution in [0.1, 0.15) is 6.92 Å². The molecule has 0 aliphatic carbocycles. The minimum Gasteiger partial charge on any atom is -0.326 e. The number of nitrogens with zero attached hydrogens (tertiary/aromatic N) is 1. The van der Waals surface area contributed by atoms with Crippen LogP contribution >= 0.6 is 0 Å². The Hall–Kier alpha value is -1.93. The van der Waals surface area contributed by atoms with E-state index < -0.39 is 15.9 Å². The molecule has 0 aromatic heterocycles. The molecular weight excluding hydrogens is 306 g/mol. The van der Waals surface area contributed by atoms with E-state index in [-0.39, 0.29) is 35.9 Å². The minimum atomic E-state index is -3.15. The number of amides is 2. The molecule has 7 nitrogen and oxygen atoms in total. The summed E-state index contributed by atoms with van der Waals surface area (Å²) >= 11 is 0. The van der Waals surface area contributed by atoms with Gasteiger partial charge >= 0.3 is 0 Å². The number of hydrogen-bond donors (Lipinski definition) is 2. The molecule has 2 amide bonds. The molecule has 8 heteroatoms. The summed E-state index contributed by atoms with van der Waals surface area (Å²) in [6.45, 7) is 1.52. The number of fused-ring (bicyclic) bond motifs is 1. The van der Waals surface area contributed by atoms with Gasteiger partial charge in [-0.1, -0.05) is 6.07 Å². The number of sulfone groups is 1. The fourth-order valence-electron chi connectivity index (χ4n) is 3.04. The van der Waals surface area contributed by atoms with Gasteiger partial charge in [-0.25, -0.2) is 8.42 Å². The second-order valence-electron chi connectivity index (χ2n) is 5.63. The lowest BCUT2D eigenvalue weighted by atomic mass is 10.1. The fraction of sp³-hybridized carbons (Fsp3) is 0.429. The van der Waals surface area contributed by atoms with E-state index in [0.717, 1.165) is 0 Å². The van der Waals surface area contributed by atoms with Gasteiger partial charge in [-0.2, -0.15) is 0 Å². The summed E-state index contributed by atoms with van der Waals surface area (Å²) in [6.07, 6.45) is 0. The first kappa shape index (κ1) is 15.0. The zero-order valence-electron chi connectivity index (χ0n) is 12.1. The number of piperazine rings is 1. The van der Waals surface area contributed by atoms with Crippen LogP contribution in [0.4, 0.5) is 11.4 Å². The molecule has 1 aromatic rings. The highest BCUT2D eigenvalue weighted by atomic mass is 32.2. The summed E-state index contributed by atoms with van der Waals surface area (Å²) < 4.78 is 23.7. The first-order chi connectivity index (χ1) is 10.4. The number of benzene rings is 1. The number of nitrogens with one attached hydrogen (secondary N) is 2. The molecule has 2 aliphatic rings. The molecule has 1 aromatic carbocycles. The third-order valence-electron chi connectivity index (χ3n) is 3.88. The Morgan fingerprint density at radius 1 is 1.36 bits per heavy atom. The van der Waals surface area contributed by atoms with E-state index in [2.05, 4.69) is 10.6 Å². The van der Waals surface area contributed by atoms with Gasteiger partial charge < -0.3 is 15.5 Å². The molecule has 2 N–H and O–H groups in total. The molecule has 22 heavy (non-hydrogen) atoms. The lowest BCUT2D eigenvalue weighted by Crippen LogP contribution is -2.60. The summed E-state index contributed by atoms with van der Waals surface area (Å²) in [7, 11) is -3.15. The second kappa shape index (κ2) is 5.36. The van der Waals surface area contributed by atoms with Crippen molar-refractivity contribution in [1.82, 2.24) is 5.32 Å². The summed E-state index contributed by atoms with van der Waals surface area (Å²) in [5.74, 6) is -0.364. The molecule has 0 unspecified atom stereocenters. The molecule has 0 radical (unpaired) electrons. The topological polar surface area (TPSA) is 95.6 Å². The maximum atomic E-state index is 12.3. The van der Waals surface area contributed by atoms with Gasteiger partial charge in [0.1, 0.15) is 0 Å². The Balaban J connectivity index is 1.95. The Bertz CT molecular complexity index is 731. The van der Waals surface area contributed by atoms with Crippen LogP contribution in [-0.4, -0.2) is 50.4 Å². The Morgan fingerprint density at radius 2 is 2.14 bits per heavy atom. The van der Waals surface area contributed by atoms with Crippen molar-refractivity contribution in [3.8, 4) is 0 Å². The highest BCUT2D eigenvalue weighted by Crippen LogP contribution is 2.29. The van der Waals surface area contributed by atoms with E-state index >= 15 is 0 Å². The Kier molecular flexibility index (Phi) is 3.65. The van der Waals surface area contributed by atoms with Crippen molar-refractivity contribution in [2.75, 3.05) is 28.3 Å². The smallest absolute Gasteiger partial charge is 0.241 e. The molecular formula is C14H17N3O4S. The monoisotopic (exact) mass is 323 g/mol. The van der Waals surface area contributed by atoms with Gasteiger partial charge in [0.05, 0.1) is 24.1 Å². The largest absolute Gasteiger partial charge is 0.326 e. The van der Waals surface area contributed by atoms with E-state index in [0.29, 0.717) is 11.4 Å². The predicted octanol–water partition coefficient (Wildman–Crippen LogP) is -0.253. The van der Waals surface area contributed by atoms with Crippen LogP contribution in [0.15, 0.2) is 24.3 Å². The zero-order chi connectivity index (χ0) is 15.9. The minimum absolute atomic E-state index is 0.0409. The summed E-state index contributed by atoms with van der Waals surface area (Å²) in [6, 6.07) is 6.24. The highest BCUT2D eigenvalue weighted by molar-refractivity contribution is 7.91. The van der Waals surface area contributed by atoms with E-state index in [1.807, 2.05) is 0 Å². The fourth-order valence-corrected chi connectivity index (χ4v) is 4.96. The lowest BCUT2D eigenvalue weighted by Gasteiger charge is -2.37.